The van der Waals surface area contributed by atoms with E-state index in [1.807, 2.05) is 42.7 Å². The first-order valence-electron chi connectivity index (χ1n) is 18.0. The summed E-state index contributed by atoms with van der Waals surface area (Å²) in [6.45, 7) is 8.72. The molecule has 0 spiro atoms. The second kappa shape index (κ2) is 16.3. The molecule has 0 bridgehead atoms. The van der Waals surface area contributed by atoms with E-state index in [0.29, 0.717) is 38.8 Å². The largest absolute Gasteiger partial charge is 0.378 e. The van der Waals surface area contributed by atoms with Gasteiger partial charge in [-0.05, 0) is 81.3 Å². The maximum Gasteiger partial charge on any atom is 0.261 e. The highest BCUT2D eigenvalue weighted by atomic mass is 35.5. The van der Waals surface area contributed by atoms with Crippen LogP contribution in [0.5, 0.6) is 0 Å². The fourth-order valence-corrected chi connectivity index (χ4v) is 9.08. The van der Waals surface area contributed by atoms with Crippen molar-refractivity contribution in [1.29, 1.82) is 5.26 Å². The van der Waals surface area contributed by atoms with Gasteiger partial charge in [-0.2, -0.15) is 5.26 Å². The van der Waals surface area contributed by atoms with Crippen molar-refractivity contribution in [2.24, 2.45) is 4.99 Å². The lowest BCUT2D eigenvalue weighted by atomic mass is 9.99. The van der Waals surface area contributed by atoms with Gasteiger partial charge in [-0.3, -0.25) is 23.9 Å². The van der Waals surface area contributed by atoms with Crippen molar-refractivity contribution >= 4 is 67.1 Å². The van der Waals surface area contributed by atoms with Crippen LogP contribution in [-0.4, -0.2) is 72.0 Å². The Morgan fingerprint density at radius 2 is 1.70 bits per heavy atom. The minimum atomic E-state index is -3.99. The van der Waals surface area contributed by atoms with Crippen molar-refractivity contribution in [2.45, 2.75) is 45.1 Å². The Bertz CT molecular complexity index is 2690. The molecule has 0 radical (unpaired) electrons. The van der Waals surface area contributed by atoms with Crippen LogP contribution in [0.3, 0.4) is 0 Å². The van der Waals surface area contributed by atoms with E-state index in [2.05, 4.69) is 50.5 Å². The zero-order valence-electron chi connectivity index (χ0n) is 31.4. The van der Waals surface area contributed by atoms with E-state index < -0.39 is 22.0 Å². The summed E-state index contributed by atoms with van der Waals surface area (Å²) in [6, 6.07) is 17.9. The summed E-state index contributed by atoms with van der Waals surface area (Å²) in [6.07, 6.45) is 1.58. The zero-order valence-corrected chi connectivity index (χ0v) is 33.8. The summed E-state index contributed by atoms with van der Waals surface area (Å²) in [4.78, 5) is 35.2. The minimum absolute atomic E-state index is 0.0308. The van der Waals surface area contributed by atoms with Crippen molar-refractivity contribution in [3.05, 3.63) is 122 Å². The Labute approximate surface area is 338 Å². The van der Waals surface area contributed by atoms with Crippen LogP contribution < -0.4 is 15.4 Å². The summed E-state index contributed by atoms with van der Waals surface area (Å²) < 4.78 is 36.6. The van der Waals surface area contributed by atoms with Gasteiger partial charge in [0.2, 0.25) is 5.91 Å². The summed E-state index contributed by atoms with van der Waals surface area (Å²) in [5.41, 5.74) is 6.08. The number of thiophene rings is 1. The number of hydrogen-bond acceptors (Lipinski definition) is 10. The van der Waals surface area contributed by atoms with Crippen molar-refractivity contribution in [3.63, 3.8) is 0 Å². The van der Waals surface area contributed by atoms with E-state index in [1.165, 1.54) is 30.5 Å². The Kier molecular flexibility index (Phi) is 11.3. The number of amides is 2. The number of H-pyrrole nitrogens is 1. The predicted molar refractivity (Wildman–Crippen MR) is 219 cm³/mol. The van der Waals surface area contributed by atoms with Gasteiger partial charge in [0, 0.05) is 51.3 Å². The number of sulfonamides is 1. The minimum Gasteiger partial charge on any atom is -0.378 e. The molecule has 0 unspecified atom stereocenters. The predicted octanol–water partition coefficient (Wildman–Crippen LogP) is 6.21. The molecule has 0 saturated carbocycles. The molecule has 1 atom stereocenters. The van der Waals surface area contributed by atoms with Gasteiger partial charge >= 0.3 is 0 Å². The number of hydrogen-bond donors (Lipinski definition) is 4. The SMILES string of the molecule is Cc1sc2c(c1C)C(c1ccc(Cl)cc1)=N[C@@H](CC(=O)NCCOCCNC(=O)c1ccc(S(=O)(=O)Nc3ccc(C)c4c(C#N)c[nH]c34)cc1)c1nnc(C)n1-2. The fraction of sp³-hybridized carbons (Fsp3) is 0.250. The van der Waals surface area contributed by atoms with E-state index in [9.17, 15) is 23.3 Å². The van der Waals surface area contributed by atoms with E-state index in [4.69, 9.17) is 21.3 Å². The Hall–Kier alpha value is -5.86. The van der Waals surface area contributed by atoms with Gasteiger partial charge in [0.1, 0.15) is 22.9 Å². The van der Waals surface area contributed by atoms with Gasteiger partial charge < -0.3 is 20.4 Å². The molecular weight excluding hydrogens is 786 g/mol. The maximum absolute atomic E-state index is 13.2. The molecule has 14 nitrogen and oxygen atoms in total. The molecule has 4 N–H and O–H groups in total. The number of nitriles is 1. The highest BCUT2D eigenvalue weighted by Gasteiger charge is 2.32. The lowest BCUT2D eigenvalue weighted by molar-refractivity contribution is -0.121. The first-order valence-corrected chi connectivity index (χ1v) is 20.7. The van der Waals surface area contributed by atoms with Crippen LogP contribution in [0.1, 0.15) is 67.2 Å². The molecule has 17 heteroatoms. The smallest absolute Gasteiger partial charge is 0.261 e. The molecule has 0 fully saturated rings. The third-order valence-corrected chi connectivity index (χ3v) is 12.5. The number of benzene rings is 3. The lowest BCUT2D eigenvalue weighted by Crippen LogP contribution is -2.31. The Morgan fingerprint density at radius 3 is 2.42 bits per heavy atom. The van der Waals surface area contributed by atoms with Gasteiger partial charge in [0.15, 0.2) is 5.82 Å². The van der Waals surface area contributed by atoms with E-state index >= 15 is 0 Å². The first kappa shape index (κ1) is 39.4. The fourth-order valence-electron chi connectivity index (χ4n) is 6.67. The van der Waals surface area contributed by atoms with E-state index in [-0.39, 0.29) is 49.1 Å². The lowest BCUT2D eigenvalue weighted by Gasteiger charge is -2.13. The second-order valence-corrected chi connectivity index (χ2v) is 16.8. The normalized spacial score (nSPS) is 13.6. The molecule has 1 aliphatic heterocycles. The number of fused-ring (bicyclic) bond motifs is 4. The monoisotopic (exact) mass is 823 g/mol. The van der Waals surface area contributed by atoms with Crippen LogP contribution in [0.2, 0.25) is 5.02 Å². The van der Waals surface area contributed by atoms with Crippen LogP contribution >= 0.6 is 22.9 Å². The molecule has 7 rings (SSSR count). The number of halogens is 1. The second-order valence-electron chi connectivity index (χ2n) is 13.5. The van der Waals surface area contributed by atoms with Crippen molar-refractivity contribution in [3.8, 4) is 11.1 Å². The third kappa shape index (κ3) is 8.05. The summed E-state index contributed by atoms with van der Waals surface area (Å²) in [5, 5.41) is 26.1. The number of aryl methyl sites for hydroxylation is 3. The molecule has 0 saturated heterocycles. The van der Waals surface area contributed by atoms with Gasteiger partial charge in [0.05, 0.1) is 47.0 Å². The number of rotatable bonds is 13. The van der Waals surface area contributed by atoms with Crippen molar-refractivity contribution in [2.75, 3.05) is 31.0 Å². The van der Waals surface area contributed by atoms with Crippen molar-refractivity contribution in [1.82, 2.24) is 30.4 Å². The number of aromatic nitrogens is 4. The third-order valence-electron chi connectivity index (χ3n) is 9.67. The topological polar surface area (TPSA) is 196 Å². The number of carbonyl (C=O) groups is 2. The molecule has 0 aliphatic carbocycles. The Balaban J connectivity index is 0.897. The highest BCUT2D eigenvalue weighted by Crippen LogP contribution is 2.39. The number of aliphatic imine (C=N–C) groups is 1. The first-order chi connectivity index (χ1) is 27.4. The molecular formula is C40H38ClN9O5S2. The van der Waals surface area contributed by atoms with Gasteiger partial charge in [-0.1, -0.05) is 29.8 Å². The molecule has 57 heavy (non-hydrogen) atoms. The average molecular weight is 824 g/mol. The summed E-state index contributed by atoms with van der Waals surface area (Å²) in [7, 11) is -3.99. The van der Waals surface area contributed by atoms with Crippen LogP contribution in [-0.2, 0) is 19.6 Å². The molecule has 4 heterocycles. The molecule has 3 aromatic carbocycles. The van der Waals surface area contributed by atoms with Crippen LogP contribution in [0, 0.1) is 39.0 Å². The van der Waals surface area contributed by atoms with Gasteiger partial charge in [0.25, 0.3) is 15.9 Å². The van der Waals surface area contributed by atoms with E-state index in [0.717, 1.165) is 37.8 Å². The standard InChI is InChI=1S/C40H38ClN9O5S2/c1-22-5-14-31(37-34(22)28(20-42)21-45-37)49-57(53,54)30-12-8-27(9-13-30)39(52)44-16-18-55-17-15-43-33(51)19-32-38-48-47-25(4)50(38)40-35(23(2)24(3)56-40)36(46-32)26-6-10-29(41)11-7-26/h5-14,21,32,45,49H,15-19H2,1-4H3,(H,43,51)(H,44,52)/t32-/m0/s1. The highest BCUT2D eigenvalue weighted by molar-refractivity contribution is 7.92. The Morgan fingerprint density at radius 1 is 0.982 bits per heavy atom. The molecule has 1 aliphatic rings. The van der Waals surface area contributed by atoms with Crippen LogP contribution in [0.4, 0.5) is 5.69 Å². The molecule has 6 aromatic rings. The molecule has 292 valence electrons. The van der Waals surface area contributed by atoms with E-state index in [1.54, 1.807) is 23.5 Å². The quantitative estimate of drug-likeness (QED) is 0.0986. The van der Waals surface area contributed by atoms with Crippen LogP contribution in [0.15, 0.2) is 76.7 Å². The van der Waals surface area contributed by atoms with Gasteiger partial charge in [-0.15, -0.1) is 21.5 Å². The summed E-state index contributed by atoms with van der Waals surface area (Å²) >= 11 is 7.85. The van der Waals surface area contributed by atoms with Crippen LogP contribution in [0.25, 0.3) is 15.9 Å². The van der Waals surface area contributed by atoms with Crippen molar-refractivity contribution < 1.29 is 22.7 Å². The summed E-state index contributed by atoms with van der Waals surface area (Å²) in [5.74, 6) is 0.666. The number of aromatic amines is 1. The average Bonchev–Trinajstić information content (AvgIpc) is 3.87. The number of nitrogens with one attached hydrogen (secondary N) is 4. The maximum atomic E-state index is 13.2. The molecule has 3 aromatic heterocycles. The molecule has 2 amide bonds. The number of anilines is 1. The zero-order chi connectivity index (χ0) is 40.4. The number of ether oxygens (including phenoxy) is 1. The van der Waals surface area contributed by atoms with Gasteiger partial charge in [-0.25, -0.2) is 8.42 Å². The number of nitrogens with zero attached hydrogens (tertiary/aromatic N) is 5. The number of carbonyl (C=O) groups excluding carboxylic acids is 2.